The van der Waals surface area contributed by atoms with Crippen LogP contribution in [0.1, 0.15) is 6.92 Å². The lowest BCUT2D eigenvalue weighted by Gasteiger charge is -2.09. The molecule has 0 aromatic carbocycles. The van der Waals surface area contributed by atoms with Gasteiger partial charge in [0.15, 0.2) is 0 Å². The minimum Gasteiger partial charge on any atom is -0.480 e. The van der Waals surface area contributed by atoms with Gasteiger partial charge in [-0.25, -0.2) is 0 Å². The third kappa shape index (κ3) is 1.79. The average molecular weight is 204 g/mol. The number of pyridine rings is 1. The molecule has 2 N–H and O–H groups in total. The van der Waals surface area contributed by atoms with Crippen LogP contribution in [0, 0.1) is 0 Å². The molecule has 2 aromatic heterocycles. The van der Waals surface area contributed by atoms with Gasteiger partial charge in [0.05, 0.1) is 11.2 Å². The zero-order valence-electron chi connectivity index (χ0n) is 8.34. The molecule has 2 rings (SSSR count). The van der Waals surface area contributed by atoms with Gasteiger partial charge >= 0.3 is 5.97 Å². The number of carboxylic acids is 1. The van der Waals surface area contributed by atoms with Crippen molar-refractivity contribution >= 4 is 17.2 Å². The van der Waals surface area contributed by atoms with E-state index < -0.39 is 12.0 Å². The van der Waals surface area contributed by atoms with Crippen LogP contribution in [-0.4, -0.2) is 21.5 Å². The van der Waals surface area contributed by atoms with Crippen molar-refractivity contribution in [2.75, 3.05) is 5.32 Å². The molecule has 78 valence electrons. The number of rotatable bonds is 3. The minimum absolute atomic E-state index is 0.587. The highest BCUT2D eigenvalue weighted by Crippen LogP contribution is 2.18. The van der Waals surface area contributed by atoms with E-state index in [0.717, 1.165) is 11.2 Å². The second-order valence-electron chi connectivity index (χ2n) is 3.43. The van der Waals surface area contributed by atoms with Crippen LogP contribution in [-0.2, 0) is 4.79 Å². The lowest BCUT2D eigenvalue weighted by molar-refractivity contribution is -0.137. The van der Waals surface area contributed by atoms with Crippen molar-refractivity contribution < 1.29 is 9.90 Å². The molecule has 0 aliphatic heterocycles. The van der Waals surface area contributed by atoms with Crippen LogP contribution in [0.3, 0.4) is 0 Å². The molecule has 1 atom stereocenters. The lowest BCUT2D eigenvalue weighted by Crippen LogP contribution is -2.25. The van der Waals surface area contributed by atoms with Crippen molar-refractivity contribution in [3.63, 3.8) is 0 Å². The van der Waals surface area contributed by atoms with Crippen molar-refractivity contribution in [1.29, 1.82) is 0 Å². The number of anilines is 1. The van der Waals surface area contributed by atoms with Crippen LogP contribution in [0.2, 0.25) is 0 Å². The Morgan fingerprint density at radius 3 is 2.93 bits per heavy atom. The molecule has 0 spiro atoms. The first-order valence-corrected chi connectivity index (χ1v) is 4.73. The number of hydrogen-bond acceptors (Lipinski definition) is 2. The number of carbonyl (C=O) groups is 1. The average Bonchev–Trinajstić information content (AvgIpc) is 2.62. The molecule has 2 aromatic rings. The number of aliphatic carboxylic acids is 1. The highest BCUT2D eigenvalue weighted by Gasteiger charge is 2.11. The maximum Gasteiger partial charge on any atom is 0.325 e. The SMILES string of the molecule is C[C@H](Nc1ccn2ccccc12)C(=O)O. The van der Waals surface area contributed by atoms with Gasteiger partial charge < -0.3 is 14.8 Å². The summed E-state index contributed by atoms with van der Waals surface area (Å²) >= 11 is 0. The number of nitrogens with zero attached hydrogens (tertiary/aromatic N) is 1. The van der Waals surface area contributed by atoms with Crippen LogP contribution in [0.25, 0.3) is 5.52 Å². The molecule has 0 amide bonds. The summed E-state index contributed by atoms with van der Waals surface area (Å²) in [6.07, 6.45) is 3.82. The first-order chi connectivity index (χ1) is 7.18. The Balaban J connectivity index is 2.32. The van der Waals surface area contributed by atoms with Gasteiger partial charge in [-0.3, -0.25) is 4.79 Å². The van der Waals surface area contributed by atoms with Gasteiger partial charge in [0.2, 0.25) is 0 Å². The van der Waals surface area contributed by atoms with E-state index in [2.05, 4.69) is 5.32 Å². The van der Waals surface area contributed by atoms with Crippen LogP contribution in [0.15, 0.2) is 36.7 Å². The van der Waals surface area contributed by atoms with Crippen LogP contribution in [0.4, 0.5) is 5.69 Å². The van der Waals surface area contributed by atoms with Crippen LogP contribution >= 0.6 is 0 Å². The topological polar surface area (TPSA) is 53.7 Å². The summed E-state index contributed by atoms with van der Waals surface area (Å²) in [5, 5.41) is 11.7. The van der Waals surface area contributed by atoms with Crippen LogP contribution < -0.4 is 5.32 Å². The quantitative estimate of drug-likeness (QED) is 0.801. The molecule has 0 saturated carbocycles. The van der Waals surface area contributed by atoms with Gasteiger partial charge in [-0.1, -0.05) is 6.07 Å². The second-order valence-corrected chi connectivity index (χ2v) is 3.43. The molecule has 0 saturated heterocycles. The number of hydrogen-bond donors (Lipinski definition) is 2. The third-order valence-corrected chi connectivity index (χ3v) is 2.31. The summed E-state index contributed by atoms with van der Waals surface area (Å²) in [5.74, 6) is -0.856. The van der Waals surface area contributed by atoms with E-state index in [0.29, 0.717) is 0 Å². The Hall–Kier alpha value is -1.97. The number of nitrogens with one attached hydrogen (secondary N) is 1. The van der Waals surface area contributed by atoms with Gasteiger partial charge in [0.1, 0.15) is 6.04 Å². The van der Waals surface area contributed by atoms with Crippen LogP contribution in [0.5, 0.6) is 0 Å². The Morgan fingerprint density at radius 2 is 2.20 bits per heavy atom. The Labute approximate surface area is 87.2 Å². The van der Waals surface area contributed by atoms with Gasteiger partial charge in [-0.15, -0.1) is 0 Å². The van der Waals surface area contributed by atoms with Gasteiger partial charge in [-0.2, -0.15) is 0 Å². The summed E-state index contributed by atoms with van der Waals surface area (Å²) in [6, 6.07) is 7.08. The summed E-state index contributed by atoms with van der Waals surface area (Å²) in [7, 11) is 0. The predicted molar refractivity (Wildman–Crippen MR) is 58.1 cm³/mol. The largest absolute Gasteiger partial charge is 0.480 e. The number of fused-ring (bicyclic) bond motifs is 1. The fourth-order valence-electron chi connectivity index (χ4n) is 1.47. The Kier molecular flexibility index (Phi) is 2.33. The van der Waals surface area contributed by atoms with Gasteiger partial charge in [0.25, 0.3) is 0 Å². The molecule has 0 unspecified atom stereocenters. The van der Waals surface area contributed by atoms with E-state index in [4.69, 9.17) is 5.11 Å². The molecule has 2 heterocycles. The van der Waals surface area contributed by atoms with Crippen molar-refractivity contribution in [2.45, 2.75) is 13.0 Å². The van der Waals surface area contributed by atoms with Gasteiger partial charge in [-0.05, 0) is 25.1 Å². The molecule has 0 radical (unpaired) electrons. The van der Waals surface area contributed by atoms with Crippen molar-refractivity contribution in [3.05, 3.63) is 36.7 Å². The third-order valence-electron chi connectivity index (χ3n) is 2.31. The molecule has 0 bridgehead atoms. The maximum absolute atomic E-state index is 10.7. The fraction of sp³-hybridized carbons (Fsp3) is 0.182. The molecule has 0 fully saturated rings. The fourth-order valence-corrected chi connectivity index (χ4v) is 1.47. The summed E-state index contributed by atoms with van der Waals surface area (Å²) < 4.78 is 1.94. The van der Waals surface area contributed by atoms with E-state index in [9.17, 15) is 4.79 Å². The first kappa shape index (κ1) is 9.58. The van der Waals surface area contributed by atoms with Crippen molar-refractivity contribution in [1.82, 2.24) is 4.40 Å². The Morgan fingerprint density at radius 1 is 1.40 bits per heavy atom. The summed E-state index contributed by atoms with van der Waals surface area (Å²) in [4.78, 5) is 10.7. The van der Waals surface area contributed by atoms with E-state index in [1.807, 2.05) is 41.1 Å². The first-order valence-electron chi connectivity index (χ1n) is 4.73. The highest BCUT2D eigenvalue weighted by atomic mass is 16.4. The highest BCUT2D eigenvalue weighted by molar-refractivity contribution is 5.81. The normalized spacial score (nSPS) is 12.6. The molecular formula is C11H12N2O2. The number of aromatic nitrogens is 1. The molecule has 0 aliphatic rings. The minimum atomic E-state index is -0.856. The van der Waals surface area contributed by atoms with E-state index >= 15 is 0 Å². The molecule has 4 nitrogen and oxygen atoms in total. The van der Waals surface area contributed by atoms with E-state index in [1.165, 1.54) is 0 Å². The zero-order chi connectivity index (χ0) is 10.8. The monoisotopic (exact) mass is 204 g/mol. The predicted octanol–water partition coefficient (Wildman–Crippen LogP) is 1.82. The maximum atomic E-state index is 10.7. The van der Waals surface area contributed by atoms with E-state index in [1.54, 1.807) is 6.92 Å². The van der Waals surface area contributed by atoms with Crippen molar-refractivity contribution in [2.24, 2.45) is 0 Å². The number of carboxylic acid groups (broad SMARTS) is 1. The smallest absolute Gasteiger partial charge is 0.325 e. The second kappa shape index (κ2) is 3.65. The molecule has 4 heteroatoms. The summed E-state index contributed by atoms with van der Waals surface area (Å²) in [6.45, 7) is 1.62. The summed E-state index contributed by atoms with van der Waals surface area (Å²) in [5.41, 5.74) is 1.82. The molecular weight excluding hydrogens is 192 g/mol. The zero-order valence-corrected chi connectivity index (χ0v) is 8.34. The Bertz CT molecular complexity index is 490. The molecule has 15 heavy (non-hydrogen) atoms. The van der Waals surface area contributed by atoms with Crippen molar-refractivity contribution in [3.8, 4) is 0 Å². The van der Waals surface area contributed by atoms with Gasteiger partial charge in [0, 0.05) is 12.4 Å². The lowest BCUT2D eigenvalue weighted by atomic mass is 10.3. The van der Waals surface area contributed by atoms with E-state index in [-0.39, 0.29) is 0 Å². The molecule has 0 aliphatic carbocycles. The standard InChI is InChI=1S/C11H12N2O2/c1-8(11(14)15)12-9-5-7-13-6-3-2-4-10(9)13/h2-8,12H,1H3,(H,14,15)/t8-/m0/s1.